The summed E-state index contributed by atoms with van der Waals surface area (Å²) >= 11 is 9.11. The minimum Gasteiger partial charge on any atom is -0.425 e. The van der Waals surface area contributed by atoms with E-state index < -0.39 is 10.0 Å². The Morgan fingerprint density at radius 3 is 2.52 bits per heavy atom. The second kappa shape index (κ2) is 6.64. The molecule has 1 saturated heterocycles. The second-order valence-electron chi connectivity index (χ2n) is 4.93. The molecule has 2 rings (SSSR count). The number of sulfonamides is 1. The van der Waals surface area contributed by atoms with Crippen molar-refractivity contribution < 1.29 is 17.9 Å². The average Bonchev–Trinajstić information content (AvgIpc) is 2.41. The van der Waals surface area contributed by atoms with E-state index in [1.165, 1.54) is 10.6 Å². The van der Waals surface area contributed by atoms with Crippen LogP contribution in [0.5, 0.6) is 5.75 Å². The maximum atomic E-state index is 12.1. The summed E-state index contributed by atoms with van der Waals surface area (Å²) in [6, 6.07) is 4.91. The zero-order valence-corrected chi connectivity index (χ0v) is 14.5. The summed E-state index contributed by atoms with van der Waals surface area (Å²) in [5.74, 6) is -0.216. The largest absolute Gasteiger partial charge is 0.425 e. The molecule has 0 unspecified atom stereocenters. The van der Waals surface area contributed by atoms with Crippen molar-refractivity contribution >= 4 is 43.5 Å². The van der Waals surface area contributed by atoms with Crippen LogP contribution in [0.3, 0.4) is 0 Å². The van der Waals surface area contributed by atoms with Gasteiger partial charge in [0.25, 0.3) is 0 Å². The highest BCUT2D eigenvalue weighted by Gasteiger charge is 2.30. The molecule has 1 aliphatic rings. The Hall–Kier alpha value is -0.630. The Balaban J connectivity index is 1.96. The van der Waals surface area contributed by atoms with Crippen LogP contribution < -0.4 is 4.74 Å². The van der Waals surface area contributed by atoms with Crippen LogP contribution in [0.15, 0.2) is 22.7 Å². The molecule has 1 aliphatic heterocycles. The van der Waals surface area contributed by atoms with Gasteiger partial charge in [-0.05, 0) is 47.0 Å². The molecular weight excluding hydrogens is 382 g/mol. The molecule has 0 N–H and O–H groups in total. The number of carbonyl (C=O) groups excluding carboxylic acids is 1. The Bertz CT molecular complexity index is 642. The monoisotopic (exact) mass is 395 g/mol. The van der Waals surface area contributed by atoms with E-state index in [1.54, 1.807) is 18.2 Å². The molecule has 1 aromatic carbocycles. The molecular formula is C13H15BrClNO4S. The fourth-order valence-electron chi connectivity index (χ4n) is 2.17. The van der Waals surface area contributed by atoms with Gasteiger partial charge >= 0.3 is 5.97 Å². The van der Waals surface area contributed by atoms with E-state index in [2.05, 4.69) is 15.9 Å². The highest BCUT2D eigenvalue weighted by Crippen LogP contribution is 2.29. The van der Waals surface area contributed by atoms with Crippen LogP contribution in [0.2, 0.25) is 5.02 Å². The predicted molar refractivity (Wildman–Crippen MR) is 83.9 cm³/mol. The topological polar surface area (TPSA) is 63.7 Å². The number of ether oxygens (including phenoxy) is 1. The molecule has 5 nitrogen and oxygen atoms in total. The summed E-state index contributed by atoms with van der Waals surface area (Å²) in [7, 11) is -3.19. The van der Waals surface area contributed by atoms with Crippen molar-refractivity contribution in [3.63, 3.8) is 0 Å². The van der Waals surface area contributed by atoms with Crippen molar-refractivity contribution in [2.75, 3.05) is 19.3 Å². The SMILES string of the molecule is CS(=O)(=O)N1CCC(C(=O)Oc2ccc(Cl)cc2Br)CC1. The van der Waals surface area contributed by atoms with Gasteiger partial charge in [0.15, 0.2) is 0 Å². The second-order valence-corrected chi connectivity index (χ2v) is 8.21. The fourth-order valence-corrected chi connectivity index (χ4v) is 3.81. The van der Waals surface area contributed by atoms with Gasteiger partial charge in [-0.2, -0.15) is 0 Å². The summed E-state index contributed by atoms with van der Waals surface area (Å²) in [4.78, 5) is 12.1. The molecule has 1 fully saturated rings. The maximum absolute atomic E-state index is 12.1. The van der Waals surface area contributed by atoms with E-state index in [0.29, 0.717) is 41.2 Å². The number of esters is 1. The predicted octanol–water partition coefficient (Wildman–Crippen LogP) is 2.68. The van der Waals surface area contributed by atoms with Gasteiger partial charge in [0.05, 0.1) is 16.6 Å². The number of hydrogen-bond donors (Lipinski definition) is 0. The Labute approximate surface area is 137 Å². The normalized spacial score (nSPS) is 17.7. The molecule has 116 valence electrons. The Morgan fingerprint density at radius 1 is 1.38 bits per heavy atom. The third kappa shape index (κ3) is 4.42. The number of benzene rings is 1. The van der Waals surface area contributed by atoms with Gasteiger partial charge in [-0.1, -0.05) is 11.6 Å². The smallest absolute Gasteiger partial charge is 0.314 e. The summed E-state index contributed by atoms with van der Waals surface area (Å²) in [6.07, 6.45) is 2.12. The summed E-state index contributed by atoms with van der Waals surface area (Å²) in [5, 5.41) is 0.545. The van der Waals surface area contributed by atoms with Crippen molar-refractivity contribution in [1.29, 1.82) is 0 Å². The lowest BCUT2D eigenvalue weighted by atomic mass is 9.98. The van der Waals surface area contributed by atoms with E-state index in [-0.39, 0.29) is 11.9 Å². The number of rotatable bonds is 3. The first kappa shape index (κ1) is 16.7. The van der Waals surface area contributed by atoms with Gasteiger partial charge in [-0.3, -0.25) is 4.79 Å². The van der Waals surface area contributed by atoms with Crippen LogP contribution >= 0.6 is 27.5 Å². The summed E-state index contributed by atoms with van der Waals surface area (Å²) < 4.78 is 30.2. The molecule has 0 radical (unpaired) electrons. The Kier molecular flexibility index (Phi) is 5.29. The molecule has 0 saturated carbocycles. The highest BCUT2D eigenvalue weighted by atomic mass is 79.9. The third-order valence-electron chi connectivity index (χ3n) is 3.36. The van der Waals surface area contributed by atoms with Crippen LogP contribution in [-0.4, -0.2) is 38.0 Å². The molecule has 0 bridgehead atoms. The summed E-state index contributed by atoms with van der Waals surface area (Å²) in [5.41, 5.74) is 0. The number of halogens is 2. The quantitative estimate of drug-likeness (QED) is 0.582. The first-order valence-corrected chi connectivity index (χ1v) is 9.41. The minimum absolute atomic E-state index is 0.287. The van der Waals surface area contributed by atoms with Gasteiger partial charge in [-0.25, -0.2) is 12.7 Å². The highest BCUT2D eigenvalue weighted by molar-refractivity contribution is 9.10. The number of carbonyl (C=O) groups is 1. The number of hydrogen-bond acceptors (Lipinski definition) is 4. The van der Waals surface area contributed by atoms with Crippen molar-refractivity contribution in [2.24, 2.45) is 5.92 Å². The molecule has 8 heteroatoms. The molecule has 1 heterocycles. The van der Waals surface area contributed by atoms with Crippen molar-refractivity contribution in [2.45, 2.75) is 12.8 Å². The van der Waals surface area contributed by atoms with Crippen LogP contribution in [0.1, 0.15) is 12.8 Å². The average molecular weight is 397 g/mol. The zero-order valence-electron chi connectivity index (χ0n) is 11.4. The fraction of sp³-hybridized carbons (Fsp3) is 0.462. The zero-order chi connectivity index (χ0) is 15.6. The lowest BCUT2D eigenvalue weighted by Crippen LogP contribution is -2.40. The molecule has 0 atom stereocenters. The first-order valence-electron chi connectivity index (χ1n) is 6.39. The third-order valence-corrected chi connectivity index (χ3v) is 5.52. The molecule has 21 heavy (non-hydrogen) atoms. The molecule has 0 aliphatic carbocycles. The van der Waals surface area contributed by atoms with Crippen molar-refractivity contribution in [1.82, 2.24) is 4.31 Å². The van der Waals surface area contributed by atoms with Gasteiger partial charge in [0.2, 0.25) is 10.0 Å². The number of piperidine rings is 1. The van der Waals surface area contributed by atoms with Gasteiger partial charge in [-0.15, -0.1) is 0 Å². The Morgan fingerprint density at radius 2 is 2.00 bits per heavy atom. The van der Waals surface area contributed by atoms with E-state index >= 15 is 0 Å². The minimum atomic E-state index is -3.19. The van der Waals surface area contributed by atoms with E-state index in [4.69, 9.17) is 16.3 Å². The summed E-state index contributed by atoms with van der Waals surface area (Å²) in [6.45, 7) is 0.695. The molecule has 0 amide bonds. The van der Waals surface area contributed by atoms with E-state index in [1.807, 2.05) is 0 Å². The standard InChI is InChI=1S/C13H15BrClNO4S/c1-21(18,19)16-6-4-9(5-7-16)13(17)20-12-3-2-10(15)8-11(12)14/h2-3,8-9H,4-7H2,1H3. The molecule has 0 aromatic heterocycles. The van der Waals surface area contributed by atoms with Crippen LogP contribution in [0.25, 0.3) is 0 Å². The van der Waals surface area contributed by atoms with Crippen LogP contribution in [-0.2, 0) is 14.8 Å². The lowest BCUT2D eigenvalue weighted by molar-refractivity contribution is -0.140. The molecule has 0 spiro atoms. The maximum Gasteiger partial charge on any atom is 0.314 e. The number of nitrogens with zero attached hydrogens (tertiary/aromatic N) is 1. The van der Waals surface area contributed by atoms with Gasteiger partial charge < -0.3 is 4.74 Å². The van der Waals surface area contributed by atoms with Crippen molar-refractivity contribution in [3.8, 4) is 5.75 Å². The van der Waals surface area contributed by atoms with Gasteiger partial charge in [0, 0.05) is 18.1 Å². The van der Waals surface area contributed by atoms with E-state index in [9.17, 15) is 13.2 Å². The first-order chi connectivity index (χ1) is 9.77. The molecule has 1 aromatic rings. The van der Waals surface area contributed by atoms with E-state index in [0.717, 1.165) is 0 Å². The van der Waals surface area contributed by atoms with Crippen LogP contribution in [0, 0.1) is 5.92 Å². The van der Waals surface area contributed by atoms with Crippen molar-refractivity contribution in [3.05, 3.63) is 27.7 Å². The van der Waals surface area contributed by atoms with Gasteiger partial charge in [0.1, 0.15) is 5.75 Å². The van der Waals surface area contributed by atoms with Crippen LogP contribution in [0.4, 0.5) is 0 Å². The lowest BCUT2D eigenvalue weighted by Gasteiger charge is -2.28.